The number of anilines is 1. The molecule has 4 rings (SSSR count). The van der Waals surface area contributed by atoms with Crippen molar-refractivity contribution in [2.45, 2.75) is 31.8 Å². The average Bonchev–Trinajstić information content (AvgIpc) is 3.21. The second-order valence-corrected chi connectivity index (χ2v) is 6.44. The molecule has 1 atom stereocenters. The lowest BCUT2D eigenvalue weighted by atomic mass is 10.0. The minimum atomic E-state index is 0.199. The molecule has 1 N–H and O–H groups in total. The number of benzene rings is 1. The Bertz CT molecular complexity index is 784. The van der Waals surface area contributed by atoms with Crippen LogP contribution in [0.4, 0.5) is 5.95 Å². The topological polar surface area (TPSA) is 72.0 Å². The lowest BCUT2D eigenvalue weighted by Gasteiger charge is -2.33. The van der Waals surface area contributed by atoms with E-state index in [2.05, 4.69) is 44.8 Å². The largest absolute Gasteiger partial charge is 0.459 e. The van der Waals surface area contributed by atoms with E-state index in [1.807, 2.05) is 25.2 Å². The Balaban J connectivity index is 1.37. The molecule has 1 aromatic carbocycles. The molecule has 7 nitrogen and oxygen atoms in total. The summed E-state index contributed by atoms with van der Waals surface area (Å²) in [5, 5.41) is 16.6. The van der Waals surface area contributed by atoms with Gasteiger partial charge in [0.05, 0.1) is 6.04 Å². The molecule has 1 fully saturated rings. The van der Waals surface area contributed by atoms with Gasteiger partial charge >= 0.3 is 0 Å². The Morgan fingerprint density at radius 3 is 2.75 bits per heavy atom. The van der Waals surface area contributed by atoms with Crippen LogP contribution in [-0.4, -0.2) is 39.3 Å². The molecule has 1 aliphatic rings. The van der Waals surface area contributed by atoms with Crippen molar-refractivity contribution in [1.29, 1.82) is 0 Å². The van der Waals surface area contributed by atoms with E-state index in [4.69, 9.17) is 4.42 Å². The third-order valence-electron chi connectivity index (χ3n) is 4.73. The fraction of sp³-hybridized carbons (Fsp3) is 0.471. The van der Waals surface area contributed by atoms with E-state index in [0.29, 0.717) is 6.04 Å². The van der Waals surface area contributed by atoms with Gasteiger partial charge in [-0.3, -0.25) is 0 Å². The number of aromatic nitrogens is 4. The van der Waals surface area contributed by atoms with Crippen LogP contribution in [0.2, 0.25) is 0 Å². The second-order valence-electron chi connectivity index (χ2n) is 6.44. The Morgan fingerprint density at radius 1 is 1.25 bits per heavy atom. The highest BCUT2D eigenvalue weighted by molar-refractivity contribution is 5.77. The highest BCUT2D eigenvalue weighted by Gasteiger charge is 2.24. The summed E-state index contributed by atoms with van der Waals surface area (Å²) < 4.78 is 7.69. The first-order valence-electron chi connectivity index (χ1n) is 8.42. The van der Waals surface area contributed by atoms with E-state index in [1.54, 1.807) is 4.68 Å². The van der Waals surface area contributed by atoms with Gasteiger partial charge in [0.25, 0.3) is 0 Å². The van der Waals surface area contributed by atoms with E-state index in [9.17, 15) is 0 Å². The van der Waals surface area contributed by atoms with Gasteiger partial charge in [-0.15, -0.1) is 0 Å². The van der Waals surface area contributed by atoms with Gasteiger partial charge in [-0.25, -0.2) is 4.68 Å². The summed E-state index contributed by atoms with van der Waals surface area (Å²) in [4.78, 5) is 2.24. The van der Waals surface area contributed by atoms with E-state index < -0.39 is 0 Å². The van der Waals surface area contributed by atoms with Crippen molar-refractivity contribution in [3.63, 3.8) is 0 Å². The molecule has 0 radical (unpaired) electrons. The van der Waals surface area contributed by atoms with Crippen LogP contribution >= 0.6 is 0 Å². The highest BCUT2D eigenvalue weighted by Crippen LogP contribution is 2.25. The molecule has 1 saturated heterocycles. The third kappa shape index (κ3) is 2.87. The number of rotatable bonds is 4. The number of nitrogens with one attached hydrogen (secondary N) is 1. The highest BCUT2D eigenvalue weighted by atomic mass is 16.3. The summed E-state index contributed by atoms with van der Waals surface area (Å²) in [6.45, 7) is 4.08. The van der Waals surface area contributed by atoms with Gasteiger partial charge in [0.2, 0.25) is 5.95 Å². The predicted octanol–water partition coefficient (Wildman–Crippen LogP) is 2.28. The summed E-state index contributed by atoms with van der Waals surface area (Å²) >= 11 is 0. The van der Waals surface area contributed by atoms with Crippen molar-refractivity contribution >= 4 is 16.9 Å². The zero-order chi connectivity index (χ0) is 16.5. The third-order valence-corrected chi connectivity index (χ3v) is 4.73. The molecule has 0 amide bonds. The minimum Gasteiger partial charge on any atom is -0.459 e. The average molecular weight is 326 g/mol. The maximum absolute atomic E-state index is 5.96. The number of hydrogen-bond donors (Lipinski definition) is 1. The molecule has 3 aromatic rings. The maximum atomic E-state index is 5.96. The van der Waals surface area contributed by atoms with Gasteiger partial charge in [-0.2, -0.15) is 0 Å². The number of tetrazole rings is 1. The first kappa shape index (κ1) is 15.1. The van der Waals surface area contributed by atoms with Crippen LogP contribution in [0.15, 0.2) is 34.7 Å². The van der Waals surface area contributed by atoms with Gasteiger partial charge in [0.15, 0.2) is 0 Å². The first-order valence-corrected chi connectivity index (χ1v) is 8.42. The number of para-hydroxylation sites is 1. The molecule has 1 unspecified atom stereocenters. The number of hydrogen-bond acceptors (Lipinski definition) is 6. The zero-order valence-corrected chi connectivity index (χ0v) is 14.0. The summed E-state index contributed by atoms with van der Waals surface area (Å²) in [7, 11) is 1.88. The van der Waals surface area contributed by atoms with E-state index in [0.717, 1.165) is 48.6 Å². The van der Waals surface area contributed by atoms with Crippen LogP contribution in [-0.2, 0) is 7.05 Å². The fourth-order valence-electron chi connectivity index (χ4n) is 3.39. The Kier molecular flexibility index (Phi) is 3.93. The SMILES string of the molecule is CC(NC1CCN(c2nnnn2C)CC1)c1cc2ccccc2o1. The molecule has 0 aliphatic carbocycles. The molecule has 7 heteroatoms. The van der Waals surface area contributed by atoms with Crippen molar-refractivity contribution in [2.75, 3.05) is 18.0 Å². The van der Waals surface area contributed by atoms with Crippen molar-refractivity contribution in [3.8, 4) is 0 Å². The first-order chi connectivity index (χ1) is 11.7. The summed E-state index contributed by atoms with van der Waals surface area (Å²) in [6.07, 6.45) is 2.13. The van der Waals surface area contributed by atoms with Gasteiger partial charge in [-0.05, 0) is 42.3 Å². The van der Waals surface area contributed by atoms with E-state index in [1.165, 1.54) is 0 Å². The normalized spacial score (nSPS) is 17.5. The predicted molar refractivity (Wildman–Crippen MR) is 91.8 cm³/mol. The van der Waals surface area contributed by atoms with Crippen LogP contribution < -0.4 is 10.2 Å². The Labute approximate surface area is 140 Å². The van der Waals surface area contributed by atoms with Crippen molar-refractivity contribution in [1.82, 2.24) is 25.5 Å². The van der Waals surface area contributed by atoms with Gasteiger partial charge in [0.1, 0.15) is 11.3 Å². The summed E-state index contributed by atoms with van der Waals surface area (Å²) in [5.74, 6) is 1.84. The lowest BCUT2D eigenvalue weighted by Crippen LogP contribution is -2.44. The van der Waals surface area contributed by atoms with Crippen LogP contribution in [0.3, 0.4) is 0 Å². The zero-order valence-electron chi connectivity index (χ0n) is 14.0. The molecule has 126 valence electrons. The molecule has 2 aromatic heterocycles. The van der Waals surface area contributed by atoms with Crippen molar-refractivity contribution < 1.29 is 4.42 Å². The van der Waals surface area contributed by atoms with Crippen LogP contribution in [0, 0.1) is 0 Å². The standard InChI is InChI=1S/C17H22N6O/c1-12(16-11-13-5-3-4-6-15(13)24-16)18-14-7-9-23(10-8-14)17-19-20-21-22(17)2/h3-6,11-12,14,18H,7-10H2,1-2H3. The Hall–Kier alpha value is -2.41. The minimum absolute atomic E-state index is 0.199. The molecule has 3 heterocycles. The van der Waals surface area contributed by atoms with E-state index >= 15 is 0 Å². The molecule has 1 aliphatic heterocycles. The summed E-state index contributed by atoms with van der Waals surface area (Å²) in [5.41, 5.74) is 0.950. The number of aryl methyl sites for hydroxylation is 1. The molecular formula is C17H22N6O. The number of piperidine rings is 1. The molecule has 0 spiro atoms. The van der Waals surface area contributed by atoms with Crippen LogP contribution in [0.1, 0.15) is 31.6 Å². The quantitative estimate of drug-likeness (QED) is 0.793. The molecule has 24 heavy (non-hydrogen) atoms. The van der Waals surface area contributed by atoms with Crippen LogP contribution in [0.25, 0.3) is 11.0 Å². The van der Waals surface area contributed by atoms with E-state index in [-0.39, 0.29) is 6.04 Å². The lowest BCUT2D eigenvalue weighted by molar-refractivity contribution is 0.350. The monoisotopic (exact) mass is 326 g/mol. The molecular weight excluding hydrogens is 304 g/mol. The molecule has 0 saturated carbocycles. The smallest absolute Gasteiger partial charge is 0.245 e. The van der Waals surface area contributed by atoms with Gasteiger partial charge < -0.3 is 14.6 Å². The summed E-state index contributed by atoms with van der Waals surface area (Å²) in [6, 6.07) is 11.0. The van der Waals surface area contributed by atoms with Gasteiger partial charge in [0, 0.05) is 31.6 Å². The second kappa shape index (κ2) is 6.24. The molecule has 0 bridgehead atoms. The maximum Gasteiger partial charge on any atom is 0.245 e. The number of furan rings is 1. The Morgan fingerprint density at radius 2 is 2.04 bits per heavy atom. The van der Waals surface area contributed by atoms with Gasteiger partial charge in [-0.1, -0.05) is 23.3 Å². The number of fused-ring (bicyclic) bond motifs is 1. The van der Waals surface area contributed by atoms with Crippen molar-refractivity contribution in [2.24, 2.45) is 7.05 Å². The number of nitrogens with zero attached hydrogens (tertiary/aromatic N) is 5. The fourth-order valence-corrected chi connectivity index (χ4v) is 3.39. The van der Waals surface area contributed by atoms with Crippen molar-refractivity contribution in [3.05, 3.63) is 36.1 Å². The van der Waals surface area contributed by atoms with Crippen LogP contribution in [0.5, 0.6) is 0 Å².